The lowest BCUT2D eigenvalue weighted by atomic mass is 9.93. The topological polar surface area (TPSA) is 48.1 Å². The predicted molar refractivity (Wildman–Crippen MR) is 63.0 cm³/mol. The molecule has 0 radical (unpaired) electrons. The molecule has 0 aromatic carbocycles. The third-order valence-electron chi connectivity index (χ3n) is 2.12. The molecule has 1 aromatic heterocycles. The summed E-state index contributed by atoms with van der Waals surface area (Å²) in [5.74, 6) is 0.555. The minimum atomic E-state index is 0.276. The van der Waals surface area contributed by atoms with E-state index in [1.807, 2.05) is 19.1 Å². The Labute approximate surface area is 91.7 Å². The summed E-state index contributed by atoms with van der Waals surface area (Å²) >= 11 is 0. The maximum Gasteiger partial charge on any atom is 0.237 e. The van der Waals surface area contributed by atoms with Gasteiger partial charge in [-0.25, -0.2) is 4.98 Å². The van der Waals surface area contributed by atoms with Gasteiger partial charge in [-0.3, -0.25) is 0 Å². The average molecular weight is 208 g/mol. The number of nitrogens with zero attached hydrogens (tertiary/aromatic N) is 1. The second-order valence-electron chi connectivity index (χ2n) is 5.01. The van der Waals surface area contributed by atoms with E-state index in [0.29, 0.717) is 18.2 Å². The van der Waals surface area contributed by atoms with E-state index in [9.17, 15) is 0 Å². The Morgan fingerprint density at radius 2 is 2.00 bits per heavy atom. The van der Waals surface area contributed by atoms with Gasteiger partial charge >= 0.3 is 0 Å². The summed E-state index contributed by atoms with van der Waals surface area (Å²) in [4.78, 5) is 4.25. The van der Waals surface area contributed by atoms with Gasteiger partial charge in [0.25, 0.3) is 0 Å². The number of anilines is 1. The molecular weight excluding hydrogens is 188 g/mol. The average Bonchev–Trinajstić information content (AvgIpc) is 2.09. The molecule has 2 N–H and O–H groups in total. The molecule has 0 fully saturated rings. The molecule has 0 amide bonds. The highest BCUT2D eigenvalue weighted by atomic mass is 16.5. The van der Waals surface area contributed by atoms with Crippen LogP contribution in [0.25, 0.3) is 0 Å². The molecule has 84 valence electrons. The van der Waals surface area contributed by atoms with E-state index in [1.54, 1.807) is 0 Å². The van der Waals surface area contributed by atoms with Gasteiger partial charge in [-0.15, -0.1) is 0 Å². The number of pyridine rings is 1. The maximum absolute atomic E-state index is 5.75. The summed E-state index contributed by atoms with van der Waals surface area (Å²) in [6.45, 7) is 9.14. The van der Waals surface area contributed by atoms with Gasteiger partial charge in [0, 0.05) is 5.69 Å². The lowest BCUT2D eigenvalue weighted by Crippen LogP contribution is -2.12. The summed E-state index contributed by atoms with van der Waals surface area (Å²) in [5, 5.41) is 0. The van der Waals surface area contributed by atoms with Crippen LogP contribution < -0.4 is 10.5 Å². The van der Waals surface area contributed by atoms with Crippen LogP contribution in [0.4, 0.5) is 5.69 Å². The van der Waals surface area contributed by atoms with Crippen molar-refractivity contribution in [2.45, 2.75) is 34.1 Å². The molecule has 3 nitrogen and oxygen atoms in total. The molecule has 0 atom stereocenters. The number of rotatable bonds is 3. The fraction of sp³-hybridized carbons (Fsp3) is 0.583. The molecule has 0 aliphatic rings. The van der Waals surface area contributed by atoms with Gasteiger partial charge in [0.05, 0.1) is 12.3 Å². The molecule has 1 heterocycles. The van der Waals surface area contributed by atoms with E-state index >= 15 is 0 Å². The van der Waals surface area contributed by atoms with Gasteiger partial charge in [0.2, 0.25) is 5.88 Å². The van der Waals surface area contributed by atoms with E-state index in [2.05, 4.69) is 25.8 Å². The van der Waals surface area contributed by atoms with Crippen molar-refractivity contribution in [3.63, 3.8) is 0 Å². The fourth-order valence-corrected chi connectivity index (χ4v) is 1.11. The fourth-order valence-electron chi connectivity index (χ4n) is 1.11. The van der Waals surface area contributed by atoms with Gasteiger partial charge < -0.3 is 10.5 Å². The Morgan fingerprint density at radius 3 is 2.60 bits per heavy atom. The number of nitrogens with two attached hydrogens (primary N) is 1. The van der Waals surface area contributed by atoms with Gasteiger partial charge in [-0.2, -0.15) is 0 Å². The summed E-state index contributed by atoms with van der Waals surface area (Å²) < 4.78 is 5.56. The van der Waals surface area contributed by atoms with E-state index in [0.717, 1.165) is 12.1 Å². The van der Waals surface area contributed by atoms with Crippen LogP contribution in [0, 0.1) is 12.3 Å². The quantitative estimate of drug-likeness (QED) is 0.831. The molecule has 0 aliphatic heterocycles. The number of nitrogen functional groups attached to an aromatic ring is 1. The van der Waals surface area contributed by atoms with Crippen LogP contribution in [0.15, 0.2) is 12.1 Å². The Morgan fingerprint density at radius 1 is 1.33 bits per heavy atom. The summed E-state index contributed by atoms with van der Waals surface area (Å²) in [6, 6.07) is 3.71. The van der Waals surface area contributed by atoms with Crippen LogP contribution in [0.3, 0.4) is 0 Å². The highest BCUT2D eigenvalue weighted by Gasteiger charge is 2.11. The first-order valence-electron chi connectivity index (χ1n) is 5.24. The van der Waals surface area contributed by atoms with Crippen LogP contribution in [-0.4, -0.2) is 11.6 Å². The standard InChI is InChI=1S/C12H20N2O/c1-9-5-6-10(13)11(14-9)15-8-7-12(2,3)4/h5-6H,7-8,13H2,1-4H3. The van der Waals surface area contributed by atoms with Crippen LogP contribution in [-0.2, 0) is 0 Å². The second-order valence-corrected chi connectivity index (χ2v) is 5.01. The van der Waals surface area contributed by atoms with Crippen LogP contribution in [0.2, 0.25) is 0 Å². The SMILES string of the molecule is Cc1ccc(N)c(OCCC(C)(C)C)n1. The maximum atomic E-state index is 5.75. The number of aryl methyl sites for hydroxylation is 1. The lowest BCUT2D eigenvalue weighted by molar-refractivity contribution is 0.237. The number of hydrogen-bond donors (Lipinski definition) is 1. The number of hydrogen-bond acceptors (Lipinski definition) is 3. The van der Waals surface area contributed by atoms with Gasteiger partial charge in [-0.1, -0.05) is 20.8 Å². The zero-order valence-corrected chi connectivity index (χ0v) is 10.0. The van der Waals surface area contributed by atoms with E-state index in [1.165, 1.54) is 0 Å². The van der Waals surface area contributed by atoms with Crippen molar-refractivity contribution in [3.05, 3.63) is 17.8 Å². The van der Waals surface area contributed by atoms with Crippen molar-refractivity contribution >= 4 is 5.69 Å². The van der Waals surface area contributed by atoms with E-state index in [4.69, 9.17) is 10.5 Å². The van der Waals surface area contributed by atoms with Crippen molar-refractivity contribution < 1.29 is 4.74 Å². The largest absolute Gasteiger partial charge is 0.476 e. The summed E-state index contributed by atoms with van der Waals surface area (Å²) in [7, 11) is 0. The van der Waals surface area contributed by atoms with E-state index in [-0.39, 0.29) is 5.41 Å². The smallest absolute Gasteiger partial charge is 0.237 e. The molecule has 0 bridgehead atoms. The third-order valence-corrected chi connectivity index (χ3v) is 2.12. The molecule has 0 unspecified atom stereocenters. The number of aromatic nitrogens is 1. The monoisotopic (exact) mass is 208 g/mol. The Bertz CT molecular complexity index is 329. The zero-order chi connectivity index (χ0) is 11.5. The van der Waals surface area contributed by atoms with Gasteiger partial charge in [0.1, 0.15) is 0 Å². The third kappa shape index (κ3) is 4.19. The first-order valence-corrected chi connectivity index (χ1v) is 5.24. The summed E-state index contributed by atoms with van der Waals surface area (Å²) in [6.07, 6.45) is 0.988. The molecule has 15 heavy (non-hydrogen) atoms. The van der Waals surface area contributed by atoms with Gasteiger partial charge in [0.15, 0.2) is 0 Å². The van der Waals surface area contributed by atoms with Crippen molar-refractivity contribution in [1.29, 1.82) is 0 Å². The van der Waals surface area contributed by atoms with Crippen molar-refractivity contribution in [3.8, 4) is 5.88 Å². The molecule has 1 rings (SSSR count). The highest BCUT2D eigenvalue weighted by molar-refractivity contribution is 5.48. The Hall–Kier alpha value is -1.25. The lowest BCUT2D eigenvalue weighted by Gasteiger charge is -2.18. The van der Waals surface area contributed by atoms with E-state index < -0.39 is 0 Å². The molecular formula is C12H20N2O. The van der Waals surface area contributed by atoms with Crippen LogP contribution in [0.5, 0.6) is 5.88 Å². The van der Waals surface area contributed by atoms with Crippen molar-refractivity contribution in [2.75, 3.05) is 12.3 Å². The molecule has 0 aliphatic carbocycles. The first kappa shape index (κ1) is 11.8. The van der Waals surface area contributed by atoms with Crippen LogP contribution in [0.1, 0.15) is 32.9 Å². The first-order chi connectivity index (χ1) is 6.88. The summed E-state index contributed by atoms with van der Waals surface area (Å²) in [5.41, 5.74) is 7.56. The molecule has 3 heteroatoms. The van der Waals surface area contributed by atoms with Crippen LogP contribution >= 0.6 is 0 Å². The second kappa shape index (κ2) is 4.51. The molecule has 1 aromatic rings. The predicted octanol–water partition coefficient (Wildman–Crippen LogP) is 2.79. The minimum Gasteiger partial charge on any atom is -0.476 e. The Kier molecular flexibility index (Phi) is 3.56. The molecule has 0 saturated heterocycles. The zero-order valence-electron chi connectivity index (χ0n) is 10.0. The Balaban J connectivity index is 2.54. The molecule has 0 spiro atoms. The number of ether oxygens (including phenoxy) is 1. The highest BCUT2D eigenvalue weighted by Crippen LogP contribution is 2.22. The van der Waals surface area contributed by atoms with Gasteiger partial charge in [-0.05, 0) is 30.9 Å². The minimum absolute atomic E-state index is 0.276. The van der Waals surface area contributed by atoms with Crippen molar-refractivity contribution in [2.24, 2.45) is 5.41 Å². The normalized spacial score (nSPS) is 11.5. The van der Waals surface area contributed by atoms with Crippen molar-refractivity contribution in [1.82, 2.24) is 4.98 Å². The molecule has 0 saturated carbocycles.